The van der Waals surface area contributed by atoms with E-state index in [4.69, 9.17) is 21.1 Å². The van der Waals surface area contributed by atoms with Crippen molar-refractivity contribution < 1.29 is 19.1 Å². The Balaban J connectivity index is 1.50. The number of carbonyl (C=O) groups is 2. The number of fused-ring (bicyclic) bond motifs is 1. The van der Waals surface area contributed by atoms with Gasteiger partial charge in [0.25, 0.3) is 11.8 Å². The van der Waals surface area contributed by atoms with Gasteiger partial charge in [-0.05, 0) is 43.3 Å². The van der Waals surface area contributed by atoms with Gasteiger partial charge in [0.2, 0.25) is 0 Å². The minimum Gasteiger partial charge on any atom is -0.488 e. The van der Waals surface area contributed by atoms with Gasteiger partial charge in [0.1, 0.15) is 18.1 Å². The number of carbonyl (C=O) groups excluding carboxylic acids is 2. The zero-order chi connectivity index (χ0) is 21.1. The second-order valence-corrected chi connectivity index (χ2v) is 7.20. The molecule has 0 bridgehead atoms. The van der Waals surface area contributed by atoms with Crippen molar-refractivity contribution in [2.75, 3.05) is 10.6 Å². The van der Waals surface area contributed by atoms with Gasteiger partial charge in [-0.3, -0.25) is 9.59 Å². The summed E-state index contributed by atoms with van der Waals surface area (Å²) in [5.74, 6) is 0.437. The molecular formula is C23H19ClN2O4. The Morgan fingerprint density at radius 2 is 1.90 bits per heavy atom. The van der Waals surface area contributed by atoms with Crippen molar-refractivity contribution in [2.45, 2.75) is 19.6 Å². The van der Waals surface area contributed by atoms with E-state index in [-0.39, 0.29) is 18.4 Å². The molecule has 152 valence electrons. The van der Waals surface area contributed by atoms with E-state index < -0.39 is 6.10 Å². The number of rotatable bonds is 5. The number of amides is 2. The molecule has 2 N–H and O–H groups in total. The van der Waals surface area contributed by atoms with Crippen molar-refractivity contribution >= 4 is 34.8 Å². The predicted octanol–water partition coefficient (Wildman–Crippen LogP) is 4.89. The highest BCUT2D eigenvalue weighted by Crippen LogP contribution is 2.32. The van der Waals surface area contributed by atoms with Gasteiger partial charge in [0, 0.05) is 16.3 Å². The van der Waals surface area contributed by atoms with Crippen LogP contribution < -0.4 is 20.1 Å². The number of benzene rings is 3. The molecule has 2 amide bonds. The first kappa shape index (κ1) is 19.8. The normalized spacial score (nSPS) is 14.9. The molecule has 0 aromatic heterocycles. The summed E-state index contributed by atoms with van der Waals surface area (Å²) < 4.78 is 11.4. The molecule has 30 heavy (non-hydrogen) atoms. The fourth-order valence-corrected chi connectivity index (χ4v) is 3.23. The second kappa shape index (κ2) is 8.47. The van der Waals surface area contributed by atoms with Crippen LogP contribution >= 0.6 is 11.6 Å². The summed E-state index contributed by atoms with van der Waals surface area (Å²) in [7, 11) is 0. The van der Waals surface area contributed by atoms with Gasteiger partial charge in [0.15, 0.2) is 6.10 Å². The average molecular weight is 423 g/mol. The minimum atomic E-state index is -0.555. The molecule has 7 heteroatoms. The summed E-state index contributed by atoms with van der Waals surface area (Å²) in [6, 6.07) is 19.4. The topological polar surface area (TPSA) is 76.7 Å². The second-order valence-electron chi connectivity index (χ2n) is 6.79. The Bertz CT molecular complexity index is 1120. The molecular weight excluding hydrogens is 404 g/mol. The Hall–Kier alpha value is -3.51. The smallest absolute Gasteiger partial charge is 0.265 e. The average Bonchev–Trinajstić information content (AvgIpc) is 2.74. The monoisotopic (exact) mass is 422 g/mol. The van der Waals surface area contributed by atoms with Crippen LogP contribution in [0.1, 0.15) is 22.8 Å². The lowest BCUT2D eigenvalue weighted by Crippen LogP contribution is -2.34. The van der Waals surface area contributed by atoms with Crippen LogP contribution in [0, 0.1) is 0 Å². The number of halogens is 1. The Morgan fingerprint density at radius 1 is 1.13 bits per heavy atom. The maximum atomic E-state index is 12.9. The van der Waals surface area contributed by atoms with E-state index in [0.29, 0.717) is 33.5 Å². The number of ether oxygens (including phenoxy) is 2. The summed E-state index contributed by atoms with van der Waals surface area (Å²) in [5.41, 5.74) is 2.25. The zero-order valence-electron chi connectivity index (χ0n) is 16.1. The first-order valence-corrected chi connectivity index (χ1v) is 9.77. The molecule has 6 nitrogen and oxygen atoms in total. The van der Waals surface area contributed by atoms with E-state index >= 15 is 0 Å². The van der Waals surface area contributed by atoms with Gasteiger partial charge in [-0.25, -0.2) is 0 Å². The van der Waals surface area contributed by atoms with Crippen molar-refractivity contribution in [1.29, 1.82) is 0 Å². The Morgan fingerprint density at radius 3 is 2.73 bits per heavy atom. The first-order chi connectivity index (χ1) is 14.5. The van der Waals surface area contributed by atoms with Crippen molar-refractivity contribution in [2.24, 2.45) is 0 Å². The van der Waals surface area contributed by atoms with Crippen LogP contribution in [0.15, 0.2) is 66.7 Å². The Kier molecular flexibility index (Phi) is 5.59. The summed E-state index contributed by atoms with van der Waals surface area (Å²) in [5, 5.41) is 6.20. The summed E-state index contributed by atoms with van der Waals surface area (Å²) in [6.45, 7) is 1.91. The van der Waals surface area contributed by atoms with Gasteiger partial charge in [-0.1, -0.05) is 41.9 Å². The quantitative estimate of drug-likeness (QED) is 0.613. The lowest BCUT2D eigenvalue weighted by atomic mass is 10.1. The highest BCUT2D eigenvalue weighted by atomic mass is 35.5. The molecule has 1 aliphatic rings. The summed E-state index contributed by atoms with van der Waals surface area (Å²) >= 11 is 6.18. The molecule has 1 unspecified atom stereocenters. The maximum Gasteiger partial charge on any atom is 0.265 e. The number of anilines is 2. The number of nitrogens with one attached hydrogen (secondary N) is 2. The first-order valence-electron chi connectivity index (χ1n) is 9.39. The minimum absolute atomic E-state index is 0.232. The summed E-state index contributed by atoms with van der Waals surface area (Å²) in [6.07, 6.45) is -0.555. The van der Waals surface area contributed by atoms with Gasteiger partial charge in [-0.15, -0.1) is 0 Å². The molecule has 1 atom stereocenters. The van der Waals surface area contributed by atoms with Crippen LogP contribution in [-0.2, 0) is 11.4 Å². The molecule has 0 saturated carbocycles. The molecule has 0 fully saturated rings. The largest absolute Gasteiger partial charge is 0.488 e. The molecule has 3 aromatic rings. The lowest BCUT2D eigenvalue weighted by Gasteiger charge is -2.23. The van der Waals surface area contributed by atoms with Crippen molar-refractivity contribution in [3.8, 4) is 11.5 Å². The molecule has 0 saturated heterocycles. The van der Waals surface area contributed by atoms with E-state index in [2.05, 4.69) is 10.6 Å². The molecule has 1 heterocycles. The molecule has 1 aliphatic heterocycles. The van der Waals surface area contributed by atoms with Gasteiger partial charge in [-0.2, -0.15) is 0 Å². The number of hydrogen-bond acceptors (Lipinski definition) is 4. The molecule has 0 spiro atoms. The number of para-hydroxylation sites is 1. The Labute approximate surface area is 178 Å². The zero-order valence-corrected chi connectivity index (χ0v) is 16.9. The molecule has 0 radical (unpaired) electrons. The SMILES string of the molecule is CC1Oc2ccc(NC(=O)c3ccccc3OCc3ccccc3Cl)cc2NC1=O. The van der Waals surface area contributed by atoms with Crippen LogP contribution in [0.25, 0.3) is 0 Å². The standard InChI is InChI=1S/C23H19ClN2O4/c1-14-22(27)26-19-12-16(10-11-21(19)30-14)25-23(28)17-7-3-5-9-20(17)29-13-15-6-2-4-8-18(15)24/h2-12,14H,13H2,1H3,(H,25,28)(H,26,27). The third-order valence-electron chi connectivity index (χ3n) is 4.64. The van der Waals surface area contributed by atoms with Gasteiger partial charge < -0.3 is 20.1 Å². The summed E-state index contributed by atoms with van der Waals surface area (Å²) in [4.78, 5) is 24.7. The number of hydrogen-bond donors (Lipinski definition) is 2. The van der Waals surface area contributed by atoms with E-state index in [0.717, 1.165) is 5.56 Å². The molecule has 0 aliphatic carbocycles. The van der Waals surface area contributed by atoms with E-state index in [1.165, 1.54) is 0 Å². The van der Waals surface area contributed by atoms with E-state index in [1.807, 2.05) is 18.2 Å². The third kappa shape index (κ3) is 4.23. The van der Waals surface area contributed by atoms with Crippen molar-refractivity contribution in [3.63, 3.8) is 0 Å². The predicted molar refractivity (Wildman–Crippen MR) is 115 cm³/mol. The van der Waals surface area contributed by atoms with Crippen LogP contribution in [0.3, 0.4) is 0 Å². The highest BCUT2D eigenvalue weighted by molar-refractivity contribution is 6.31. The van der Waals surface area contributed by atoms with E-state index in [9.17, 15) is 9.59 Å². The molecule has 4 rings (SSSR count). The lowest BCUT2D eigenvalue weighted by molar-refractivity contribution is -0.122. The van der Waals surface area contributed by atoms with Crippen LogP contribution in [0.2, 0.25) is 5.02 Å². The molecule has 3 aromatic carbocycles. The van der Waals surface area contributed by atoms with Crippen LogP contribution in [0.4, 0.5) is 11.4 Å². The highest BCUT2D eigenvalue weighted by Gasteiger charge is 2.24. The van der Waals surface area contributed by atoms with Gasteiger partial charge in [0.05, 0.1) is 11.3 Å². The van der Waals surface area contributed by atoms with Crippen LogP contribution in [-0.4, -0.2) is 17.9 Å². The van der Waals surface area contributed by atoms with Crippen LogP contribution in [0.5, 0.6) is 11.5 Å². The van der Waals surface area contributed by atoms with Crippen molar-refractivity contribution in [1.82, 2.24) is 0 Å². The maximum absolute atomic E-state index is 12.9. The fourth-order valence-electron chi connectivity index (χ4n) is 3.04. The fraction of sp³-hybridized carbons (Fsp3) is 0.130. The van der Waals surface area contributed by atoms with Crippen molar-refractivity contribution in [3.05, 3.63) is 82.9 Å². The third-order valence-corrected chi connectivity index (χ3v) is 5.01. The van der Waals surface area contributed by atoms with Gasteiger partial charge >= 0.3 is 0 Å². The van der Waals surface area contributed by atoms with E-state index in [1.54, 1.807) is 55.5 Å².